The van der Waals surface area contributed by atoms with Crippen molar-refractivity contribution in [3.8, 4) is 5.69 Å². The number of para-hydroxylation sites is 1. The molecule has 0 spiro atoms. The van der Waals surface area contributed by atoms with E-state index in [1.165, 1.54) is 34.7 Å². The second-order valence-electron chi connectivity index (χ2n) is 7.49. The highest BCUT2D eigenvalue weighted by atomic mass is 32.2. The molecular formula is C22H16F3N5O2S. The van der Waals surface area contributed by atoms with E-state index in [9.17, 15) is 22.8 Å². The Hall–Kier alpha value is -3.60. The predicted molar refractivity (Wildman–Crippen MR) is 118 cm³/mol. The Bertz CT molecular complexity index is 1400. The summed E-state index contributed by atoms with van der Waals surface area (Å²) in [6, 6.07) is 13.1. The minimum absolute atomic E-state index is 0.0130. The first-order valence-corrected chi connectivity index (χ1v) is 11.0. The van der Waals surface area contributed by atoms with Crippen LogP contribution in [0.4, 0.5) is 18.9 Å². The van der Waals surface area contributed by atoms with Crippen LogP contribution < -0.4 is 10.9 Å². The zero-order chi connectivity index (χ0) is 23.2. The number of hydrogen-bond acceptors (Lipinski definition) is 5. The molecule has 1 aliphatic rings. The quantitative estimate of drug-likeness (QED) is 0.450. The molecule has 3 heterocycles. The van der Waals surface area contributed by atoms with Gasteiger partial charge in [-0.3, -0.25) is 14.2 Å². The van der Waals surface area contributed by atoms with E-state index >= 15 is 0 Å². The summed E-state index contributed by atoms with van der Waals surface area (Å²) in [7, 11) is 0. The highest BCUT2D eigenvalue weighted by molar-refractivity contribution is 7.99. The normalized spacial score (nSPS) is 15.5. The van der Waals surface area contributed by atoms with Crippen LogP contribution in [0, 0.1) is 0 Å². The van der Waals surface area contributed by atoms with Crippen LogP contribution in [0.1, 0.15) is 18.0 Å². The zero-order valence-electron chi connectivity index (χ0n) is 16.9. The highest BCUT2D eigenvalue weighted by Crippen LogP contribution is 2.34. The average Bonchev–Trinajstić information content (AvgIpc) is 3.39. The van der Waals surface area contributed by atoms with Gasteiger partial charge in [0.1, 0.15) is 5.39 Å². The van der Waals surface area contributed by atoms with Crippen molar-refractivity contribution in [1.29, 1.82) is 0 Å². The van der Waals surface area contributed by atoms with Crippen molar-refractivity contribution in [3.63, 3.8) is 0 Å². The van der Waals surface area contributed by atoms with Crippen molar-refractivity contribution in [1.82, 2.24) is 19.3 Å². The second kappa shape index (κ2) is 8.07. The molecule has 2 aromatic carbocycles. The molecule has 0 radical (unpaired) electrons. The number of aromatic nitrogens is 4. The lowest BCUT2D eigenvalue weighted by Crippen LogP contribution is -2.27. The minimum atomic E-state index is -4.44. The maximum absolute atomic E-state index is 13.2. The summed E-state index contributed by atoms with van der Waals surface area (Å²) >= 11 is 1.37. The molecule has 0 saturated carbocycles. The number of carbonyl (C=O) groups is 1. The SMILES string of the molecule is O=C(CC1CSc2nc3c(cnn3-c3ccccc3)c(=O)n21)Nc1ccc(C(F)(F)F)cc1. The molecular weight excluding hydrogens is 455 g/mol. The third-order valence-electron chi connectivity index (χ3n) is 5.29. The van der Waals surface area contributed by atoms with Gasteiger partial charge >= 0.3 is 6.18 Å². The van der Waals surface area contributed by atoms with E-state index in [4.69, 9.17) is 0 Å². The van der Waals surface area contributed by atoms with Gasteiger partial charge < -0.3 is 5.32 Å². The molecule has 1 unspecified atom stereocenters. The number of benzene rings is 2. The molecule has 33 heavy (non-hydrogen) atoms. The van der Waals surface area contributed by atoms with Crippen LogP contribution in [0.15, 0.2) is 70.7 Å². The molecule has 0 saturated heterocycles. The molecule has 2 aromatic heterocycles. The second-order valence-corrected chi connectivity index (χ2v) is 8.48. The molecule has 0 bridgehead atoms. The lowest BCUT2D eigenvalue weighted by atomic mass is 10.2. The molecule has 4 aromatic rings. The fraction of sp³-hybridized carbons (Fsp3) is 0.182. The molecule has 168 valence electrons. The van der Waals surface area contributed by atoms with Crippen molar-refractivity contribution in [2.24, 2.45) is 0 Å². The van der Waals surface area contributed by atoms with Crippen molar-refractivity contribution in [3.05, 3.63) is 76.7 Å². The van der Waals surface area contributed by atoms with Crippen molar-refractivity contribution in [2.75, 3.05) is 11.1 Å². The lowest BCUT2D eigenvalue weighted by molar-refractivity contribution is -0.137. The van der Waals surface area contributed by atoms with Crippen molar-refractivity contribution in [2.45, 2.75) is 23.8 Å². The molecule has 7 nitrogen and oxygen atoms in total. The number of hydrogen-bond donors (Lipinski definition) is 1. The molecule has 1 N–H and O–H groups in total. The number of fused-ring (bicyclic) bond motifs is 2. The lowest BCUT2D eigenvalue weighted by Gasteiger charge is -2.14. The van der Waals surface area contributed by atoms with Gasteiger partial charge in [0.25, 0.3) is 5.56 Å². The number of thioether (sulfide) groups is 1. The van der Waals surface area contributed by atoms with Crippen molar-refractivity contribution >= 4 is 34.4 Å². The number of alkyl halides is 3. The van der Waals surface area contributed by atoms with Gasteiger partial charge in [0.2, 0.25) is 5.91 Å². The highest BCUT2D eigenvalue weighted by Gasteiger charge is 2.31. The topological polar surface area (TPSA) is 81.8 Å². The Labute approximate surface area is 189 Å². The average molecular weight is 471 g/mol. The van der Waals surface area contributed by atoms with Gasteiger partial charge in [-0.2, -0.15) is 18.3 Å². The number of halogens is 3. The third-order valence-corrected chi connectivity index (χ3v) is 6.39. The Morgan fingerprint density at radius 3 is 2.55 bits per heavy atom. The van der Waals surface area contributed by atoms with E-state index in [0.717, 1.165) is 17.8 Å². The van der Waals surface area contributed by atoms with Crippen LogP contribution in [0.2, 0.25) is 0 Å². The first-order chi connectivity index (χ1) is 15.8. The Kier molecular flexibility index (Phi) is 5.20. The summed E-state index contributed by atoms with van der Waals surface area (Å²) in [6.45, 7) is 0. The Balaban J connectivity index is 1.37. The molecule has 0 aliphatic carbocycles. The maximum Gasteiger partial charge on any atom is 0.416 e. The molecule has 11 heteroatoms. The Morgan fingerprint density at radius 2 is 1.85 bits per heavy atom. The third kappa shape index (κ3) is 3.99. The standard InChI is InChI=1S/C22H16F3N5O2S/c23-22(24,25)13-6-8-14(9-7-13)27-18(31)10-16-12-33-21-28-19-17(20(32)29(16)21)11-26-30(19)15-4-2-1-3-5-15/h1-9,11,16H,10,12H2,(H,27,31). The summed E-state index contributed by atoms with van der Waals surface area (Å²) in [5, 5.41) is 7.74. The smallest absolute Gasteiger partial charge is 0.326 e. The van der Waals surface area contributed by atoms with E-state index < -0.39 is 23.7 Å². The number of carbonyl (C=O) groups excluding carboxylic acids is 1. The fourth-order valence-corrected chi connectivity index (χ4v) is 4.84. The van der Waals surface area contributed by atoms with Gasteiger partial charge in [-0.25, -0.2) is 9.67 Å². The summed E-state index contributed by atoms with van der Waals surface area (Å²) in [6.07, 6.45) is -2.99. The molecule has 1 atom stereocenters. The van der Waals surface area contributed by atoms with Gasteiger partial charge in [0.05, 0.1) is 23.5 Å². The van der Waals surface area contributed by atoms with Gasteiger partial charge in [0.15, 0.2) is 10.8 Å². The summed E-state index contributed by atoms with van der Waals surface area (Å²) in [5.74, 6) is 0.0776. The van der Waals surface area contributed by atoms with Crippen LogP contribution in [0.25, 0.3) is 16.7 Å². The van der Waals surface area contributed by atoms with Crippen LogP contribution in [-0.2, 0) is 11.0 Å². The first-order valence-electron chi connectivity index (χ1n) is 9.97. The number of rotatable bonds is 4. The van der Waals surface area contributed by atoms with E-state index in [-0.39, 0.29) is 17.7 Å². The molecule has 1 aliphatic heterocycles. The minimum Gasteiger partial charge on any atom is -0.326 e. The van der Waals surface area contributed by atoms with E-state index in [2.05, 4.69) is 15.4 Å². The van der Waals surface area contributed by atoms with Gasteiger partial charge in [-0.1, -0.05) is 30.0 Å². The van der Waals surface area contributed by atoms with Crippen LogP contribution in [0.5, 0.6) is 0 Å². The summed E-state index contributed by atoms with van der Waals surface area (Å²) < 4.78 is 41.2. The number of nitrogens with zero attached hydrogens (tertiary/aromatic N) is 4. The van der Waals surface area contributed by atoms with Gasteiger partial charge in [-0.15, -0.1) is 0 Å². The van der Waals surface area contributed by atoms with Crippen molar-refractivity contribution < 1.29 is 18.0 Å². The van der Waals surface area contributed by atoms with Crippen LogP contribution >= 0.6 is 11.8 Å². The van der Waals surface area contributed by atoms with E-state index in [1.807, 2.05) is 30.3 Å². The predicted octanol–water partition coefficient (Wildman–Crippen LogP) is 4.28. The number of amides is 1. The van der Waals surface area contributed by atoms with Crippen LogP contribution in [0.3, 0.4) is 0 Å². The number of anilines is 1. The largest absolute Gasteiger partial charge is 0.416 e. The molecule has 1 amide bonds. The number of nitrogens with one attached hydrogen (secondary N) is 1. The monoisotopic (exact) mass is 471 g/mol. The Morgan fingerprint density at radius 1 is 1.12 bits per heavy atom. The first kappa shape index (κ1) is 21.3. The maximum atomic E-state index is 13.2. The molecule has 5 rings (SSSR count). The molecule has 0 fully saturated rings. The zero-order valence-corrected chi connectivity index (χ0v) is 17.7. The van der Waals surface area contributed by atoms with Gasteiger partial charge in [0, 0.05) is 17.9 Å². The summed E-state index contributed by atoms with van der Waals surface area (Å²) in [4.78, 5) is 30.3. The van der Waals surface area contributed by atoms with Gasteiger partial charge in [-0.05, 0) is 36.4 Å². The van der Waals surface area contributed by atoms with E-state index in [1.54, 1.807) is 4.68 Å². The van der Waals surface area contributed by atoms with E-state index in [0.29, 0.717) is 21.9 Å². The summed E-state index contributed by atoms with van der Waals surface area (Å²) in [5.41, 5.74) is 0.400. The fourth-order valence-electron chi connectivity index (χ4n) is 3.71. The van der Waals surface area contributed by atoms with Crippen LogP contribution in [-0.4, -0.2) is 31.0 Å².